The summed E-state index contributed by atoms with van der Waals surface area (Å²) in [6.45, 7) is 2.15. The number of aryl methyl sites for hydroxylation is 2. The maximum absolute atomic E-state index is 2.30. The summed E-state index contributed by atoms with van der Waals surface area (Å²) in [7, 11) is 2.15. The molecule has 4 rings (SSSR count). The predicted molar refractivity (Wildman–Crippen MR) is 82.7 cm³/mol. The highest BCUT2D eigenvalue weighted by Gasteiger charge is 2.10. The van der Waals surface area contributed by atoms with Gasteiger partial charge in [0.25, 0.3) is 0 Å². The van der Waals surface area contributed by atoms with Crippen molar-refractivity contribution < 1.29 is 0 Å². The van der Waals surface area contributed by atoms with Gasteiger partial charge in [-0.15, -0.1) is 0 Å². The summed E-state index contributed by atoms with van der Waals surface area (Å²) in [5.41, 5.74) is 3.92. The molecule has 19 heavy (non-hydrogen) atoms. The van der Waals surface area contributed by atoms with Crippen LogP contribution in [0.1, 0.15) is 5.56 Å². The zero-order valence-electron chi connectivity index (χ0n) is 11.1. The summed E-state index contributed by atoms with van der Waals surface area (Å²) in [6, 6.07) is 19.8. The van der Waals surface area contributed by atoms with Crippen LogP contribution in [0.25, 0.3) is 32.6 Å². The van der Waals surface area contributed by atoms with E-state index in [4.69, 9.17) is 0 Å². The van der Waals surface area contributed by atoms with Gasteiger partial charge in [0.05, 0.1) is 0 Å². The molecule has 3 aromatic carbocycles. The number of fused-ring (bicyclic) bond motifs is 5. The van der Waals surface area contributed by atoms with Gasteiger partial charge in [-0.2, -0.15) is 0 Å². The zero-order valence-corrected chi connectivity index (χ0v) is 11.1. The van der Waals surface area contributed by atoms with Gasteiger partial charge in [0.15, 0.2) is 0 Å². The van der Waals surface area contributed by atoms with E-state index in [1.54, 1.807) is 0 Å². The molecule has 0 bridgehead atoms. The molecule has 0 aliphatic heterocycles. The van der Waals surface area contributed by atoms with Gasteiger partial charge in [0.2, 0.25) is 0 Å². The van der Waals surface area contributed by atoms with Crippen molar-refractivity contribution in [3.05, 3.63) is 60.2 Å². The van der Waals surface area contributed by atoms with Crippen LogP contribution in [0.3, 0.4) is 0 Å². The zero-order chi connectivity index (χ0) is 13.0. The Bertz CT molecular complexity index is 929. The Morgan fingerprint density at radius 1 is 0.789 bits per heavy atom. The molecule has 0 fully saturated rings. The van der Waals surface area contributed by atoms with E-state index in [0.29, 0.717) is 0 Å². The van der Waals surface area contributed by atoms with E-state index < -0.39 is 0 Å². The topological polar surface area (TPSA) is 4.93 Å². The summed E-state index contributed by atoms with van der Waals surface area (Å²) >= 11 is 0. The van der Waals surface area contributed by atoms with Gasteiger partial charge in [-0.1, -0.05) is 42.5 Å². The number of benzene rings is 3. The number of aromatic nitrogens is 1. The van der Waals surface area contributed by atoms with Gasteiger partial charge in [-0.3, -0.25) is 0 Å². The first-order valence-corrected chi connectivity index (χ1v) is 6.62. The van der Waals surface area contributed by atoms with Crippen LogP contribution in [-0.4, -0.2) is 4.57 Å². The van der Waals surface area contributed by atoms with Crippen molar-refractivity contribution in [3.8, 4) is 0 Å². The Morgan fingerprint density at radius 3 is 2.53 bits per heavy atom. The molecule has 0 saturated carbocycles. The van der Waals surface area contributed by atoms with Crippen LogP contribution in [-0.2, 0) is 7.05 Å². The lowest BCUT2D eigenvalue weighted by atomic mass is 10.0. The van der Waals surface area contributed by atoms with E-state index in [1.165, 1.54) is 38.1 Å². The fourth-order valence-corrected chi connectivity index (χ4v) is 3.08. The highest BCUT2D eigenvalue weighted by molar-refractivity contribution is 6.20. The SMILES string of the molecule is Cc1ccc2c3c4ccccc4ccc3n(C)c2c1. The first kappa shape index (κ1) is 10.6. The molecule has 0 unspecified atom stereocenters. The minimum atomic E-state index is 1.30. The van der Waals surface area contributed by atoms with E-state index in [2.05, 4.69) is 73.1 Å². The smallest absolute Gasteiger partial charge is 0.0495 e. The third kappa shape index (κ3) is 1.36. The number of rotatable bonds is 0. The lowest BCUT2D eigenvalue weighted by Gasteiger charge is -2.01. The molecule has 0 saturated heterocycles. The molecular formula is C18H15N. The highest BCUT2D eigenvalue weighted by Crippen LogP contribution is 2.34. The summed E-state index contributed by atoms with van der Waals surface area (Å²) in [5.74, 6) is 0. The summed E-state index contributed by atoms with van der Waals surface area (Å²) in [6.07, 6.45) is 0. The van der Waals surface area contributed by atoms with Gasteiger partial charge < -0.3 is 4.57 Å². The summed E-state index contributed by atoms with van der Waals surface area (Å²) in [5, 5.41) is 5.37. The molecule has 92 valence electrons. The number of hydrogen-bond donors (Lipinski definition) is 0. The van der Waals surface area contributed by atoms with Gasteiger partial charge in [-0.25, -0.2) is 0 Å². The van der Waals surface area contributed by atoms with Crippen molar-refractivity contribution >= 4 is 32.6 Å². The fourth-order valence-electron chi connectivity index (χ4n) is 3.08. The molecule has 0 aliphatic carbocycles. The van der Waals surface area contributed by atoms with Crippen LogP contribution in [0, 0.1) is 6.92 Å². The van der Waals surface area contributed by atoms with Crippen LogP contribution in [0.4, 0.5) is 0 Å². The molecule has 1 aromatic heterocycles. The van der Waals surface area contributed by atoms with Crippen LogP contribution in [0.5, 0.6) is 0 Å². The first-order chi connectivity index (χ1) is 9.25. The highest BCUT2D eigenvalue weighted by atomic mass is 14.9. The molecular weight excluding hydrogens is 230 g/mol. The third-order valence-corrected chi connectivity index (χ3v) is 4.05. The second-order valence-corrected chi connectivity index (χ2v) is 5.26. The average molecular weight is 245 g/mol. The average Bonchev–Trinajstić information content (AvgIpc) is 2.72. The van der Waals surface area contributed by atoms with Gasteiger partial charge in [0.1, 0.15) is 0 Å². The Morgan fingerprint density at radius 2 is 1.63 bits per heavy atom. The fraction of sp³-hybridized carbons (Fsp3) is 0.111. The summed E-state index contributed by atoms with van der Waals surface area (Å²) < 4.78 is 2.30. The second-order valence-electron chi connectivity index (χ2n) is 5.26. The Labute approximate surface area is 112 Å². The van der Waals surface area contributed by atoms with Crippen LogP contribution >= 0.6 is 0 Å². The molecule has 0 N–H and O–H groups in total. The Hall–Kier alpha value is -2.28. The van der Waals surface area contributed by atoms with Gasteiger partial charge in [0, 0.05) is 28.9 Å². The lowest BCUT2D eigenvalue weighted by Crippen LogP contribution is -1.86. The maximum atomic E-state index is 2.30. The van der Waals surface area contributed by atoms with E-state index in [0.717, 1.165) is 0 Å². The molecule has 1 nitrogen and oxygen atoms in total. The molecule has 1 heteroatoms. The molecule has 0 atom stereocenters. The van der Waals surface area contributed by atoms with E-state index in [-0.39, 0.29) is 0 Å². The van der Waals surface area contributed by atoms with Crippen molar-refractivity contribution in [2.45, 2.75) is 6.92 Å². The minimum Gasteiger partial charge on any atom is -0.344 e. The van der Waals surface area contributed by atoms with Crippen LogP contribution < -0.4 is 0 Å². The Kier molecular flexibility index (Phi) is 2.02. The van der Waals surface area contributed by atoms with Crippen LogP contribution in [0.2, 0.25) is 0 Å². The van der Waals surface area contributed by atoms with Crippen molar-refractivity contribution in [2.24, 2.45) is 7.05 Å². The predicted octanol–water partition coefficient (Wildman–Crippen LogP) is 4.79. The van der Waals surface area contributed by atoms with Crippen LogP contribution in [0.15, 0.2) is 54.6 Å². The quantitative estimate of drug-likeness (QED) is 0.419. The van der Waals surface area contributed by atoms with Crippen molar-refractivity contribution in [1.29, 1.82) is 0 Å². The van der Waals surface area contributed by atoms with Crippen molar-refractivity contribution in [1.82, 2.24) is 4.57 Å². The Balaban J connectivity index is 2.37. The lowest BCUT2D eigenvalue weighted by molar-refractivity contribution is 1.01. The third-order valence-electron chi connectivity index (χ3n) is 4.05. The van der Waals surface area contributed by atoms with Crippen molar-refractivity contribution in [3.63, 3.8) is 0 Å². The van der Waals surface area contributed by atoms with E-state index in [9.17, 15) is 0 Å². The number of nitrogens with zero attached hydrogens (tertiary/aromatic N) is 1. The molecule has 4 aromatic rings. The van der Waals surface area contributed by atoms with E-state index >= 15 is 0 Å². The number of hydrogen-bond acceptors (Lipinski definition) is 0. The van der Waals surface area contributed by atoms with Gasteiger partial charge >= 0.3 is 0 Å². The molecule has 0 amide bonds. The van der Waals surface area contributed by atoms with Crippen molar-refractivity contribution in [2.75, 3.05) is 0 Å². The normalized spacial score (nSPS) is 11.7. The first-order valence-electron chi connectivity index (χ1n) is 6.62. The standard InChI is InChI=1S/C18H15N/c1-12-7-9-15-17(11-12)19(2)16-10-8-13-5-3-4-6-14(13)18(15)16/h3-11H,1-2H3. The molecule has 0 radical (unpaired) electrons. The maximum Gasteiger partial charge on any atom is 0.0495 e. The molecule has 1 heterocycles. The molecule has 0 aliphatic rings. The largest absolute Gasteiger partial charge is 0.344 e. The summed E-state index contributed by atoms with van der Waals surface area (Å²) in [4.78, 5) is 0. The molecule has 0 spiro atoms. The second kappa shape index (κ2) is 3.61. The minimum absolute atomic E-state index is 1.30. The monoisotopic (exact) mass is 245 g/mol. The van der Waals surface area contributed by atoms with E-state index in [1.807, 2.05) is 0 Å². The van der Waals surface area contributed by atoms with Gasteiger partial charge in [-0.05, 0) is 35.4 Å².